The average molecular weight is 497 g/mol. The summed E-state index contributed by atoms with van der Waals surface area (Å²) in [6.45, 7) is 0. The number of anilines is 1. The summed E-state index contributed by atoms with van der Waals surface area (Å²) in [6, 6.07) is 35.5. The van der Waals surface area contributed by atoms with Crippen LogP contribution < -0.4 is 5.32 Å². The zero-order valence-electron chi connectivity index (χ0n) is 20.5. The number of pyridine rings is 1. The lowest BCUT2D eigenvalue weighted by Crippen LogP contribution is -2.16. The van der Waals surface area contributed by atoms with Crippen molar-refractivity contribution in [3.8, 4) is 22.6 Å². The highest BCUT2D eigenvalue weighted by Crippen LogP contribution is 2.29. The number of aromatic nitrogens is 5. The van der Waals surface area contributed by atoms with Crippen LogP contribution in [-0.4, -0.2) is 30.7 Å². The molecule has 184 valence electrons. The molecule has 3 heterocycles. The van der Waals surface area contributed by atoms with Crippen LogP contribution in [-0.2, 0) is 4.79 Å². The number of nitrogens with one attached hydrogen (secondary N) is 1. The van der Waals surface area contributed by atoms with Crippen molar-refractivity contribution in [2.24, 2.45) is 0 Å². The van der Waals surface area contributed by atoms with Crippen molar-refractivity contribution in [1.29, 1.82) is 0 Å². The molecule has 0 aliphatic heterocycles. The Labute approximate surface area is 219 Å². The number of amides is 1. The van der Waals surface area contributed by atoms with Crippen LogP contribution in [0, 0.1) is 0 Å². The Bertz CT molecular complexity index is 1630. The summed E-state index contributed by atoms with van der Waals surface area (Å²) in [5.41, 5.74) is 6.22. The molecule has 0 saturated heterocycles. The van der Waals surface area contributed by atoms with Gasteiger partial charge in [0.25, 0.3) is 0 Å². The molecule has 0 unspecified atom stereocenters. The van der Waals surface area contributed by atoms with Crippen molar-refractivity contribution < 1.29 is 4.79 Å². The predicted octanol–water partition coefficient (Wildman–Crippen LogP) is 6.01. The number of carbonyl (C=O) groups is 1. The van der Waals surface area contributed by atoms with E-state index in [1.54, 1.807) is 16.9 Å². The Morgan fingerprint density at radius 3 is 2.03 bits per heavy atom. The fourth-order valence-corrected chi connectivity index (χ4v) is 4.54. The molecule has 6 aromatic rings. The topological polar surface area (TPSA) is 85.1 Å². The van der Waals surface area contributed by atoms with Gasteiger partial charge < -0.3 is 5.32 Å². The van der Waals surface area contributed by atoms with E-state index >= 15 is 0 Å². The first-order valence-corrected chi connectivity index (χ1v) is 12.4. The first-order valence-electron chi connectivity index (χ1n) is 12.4. The number of benzene rings is 3. The van der Waals surface area contributed by atoms with Crippen LogP contribution in [0.15, 0.2) is 122 Å². The molecular weight excluding hydrogens is 472 g/mol. The van der Waals surface area contributed by atoms with Crippen LogP contribution in [0.3, 0.4) is 0 Å². The Balaban J connectivity index is 1.20. The molecule has 3 aromatic carbocycles. The lowest BCUT2D eigenvalue weighted by Gasteiger charge is -2.18. The van der Waals surface area contributed by atoms with E-state index in [9.17, 15) is 4.79 Å². The van der Waals surface area contributed by atoms with Crippen molar-refractivity contribution >= 4 is 17.2 Å². The van der Waals surface area contributed by atoms with Gasteiger partial charge in [-0.15, -0.1) is 10.2 Å². The molecule has 38 heavy (non-hydrogen) atoms. The molecule has 6 rings (SSSR count). The van der Waals surface area contributed by atoms with E-state index in [0.29, 0.717) is 17.9 Å². The standard InChI is InChI=1S/C31H24N6O/c38-30(21-27(22-7-3-1-4-8-22)23-9-5-2-6-10-23)33-26-13-11-24(12-14-26)28-15-16-29-34-35-31(37(29)36-28)25-17-19-32-20-18-25/h1-20,27H,21H2,(H,33,38). The van der Waals surface area contributed by atoms with Gasteiger partial charge in [0.05, 0.1) is 5.69 Å². The van der Waals surface area contributed by atoms with Gasteiger partial charge in [0.1, 0.15) is 0 Å². The second-order valence-electron chi connectivity index (χ2n) is 8.95. The van der Waals surface area contributed by atoms with Crippen LogP contribution in [0.4, 0.5) is 5.69 Å². The molecule has 0 aliphatic carbocycles. The molecule has 0 fully saturated rings. The van der Waals surface area contributed by atoms with E-state index in [0.717, 1.165) is 33.6 Å². The van der Waals surface area contributed by atoms with E-state index < -0.39 is 0 Å². The van der Waals surface area contributed by atoms with Crippen LogP contribution in [0.1, 0.15) is 23.5 Å². The highest BCUT2D eigenvalue weighted by atomic mass is 16.1. The first-order chi connectivity index (χ1) is 18.7. The van der Waals surface area contributed by atoms with E-state index in [1.165, 1.54) is 0 Å². The summed E-state index contributed by atoms with van der Waals surface area (Å²) in [7, 11) is 0. The van der Waals surface area contributed by atoms with Crippen molar-refractivity contribution in [2.45, 2.75) is 12.3 Å². The lowest BCUT2D eigenvalue weighted by molar-refractivity contribution is -0.116. The molecule has 7 heteroatoms. The first kappa shape index (κ1) is 23.2. The molecule has 0 bridgehead atoms. The zero-order chi connectivity index (χ0) is 25.7. The van der Waals surface area contributed by atoms with E-state index in [-0.39, 0.29) is 11.8 Å². The average Bonchev–Trinajstić information content (AvgIpc) is 3.41. The van der Waals surface area contributed by atoms with Gasteiger partial charge in [0, 0.05) is 41.5 Å². The zero-order valence-corrected chi connectivity index (χ0v) is 20.5. The molecule has 0 saturated carbocycles. The van der Waals surface area contributed by atoms with Gasteiger partial charge in [0.15, 0.2) is 11.5 Å². The number of nitrogens with zero attached hydrogens (tertiary/aromatic N) is 5. The fraction of sp³-hybridized carbons (Fsp3) is 0.0645. The molecule has 0 aliphatic rings. The van der Waals surface area contributed by atoms with Gasteiger partial charge >= 0.3 is 0 Å². The van der Waals surface area contributed by atoms with E-state index in [4.69, 9.17) is 5.10 Å². The maximum atomic E-state index is 13.1. The molecule has 1 N–H and O–H groups in total. The minimum Gasteiger partial charge on any atom is -0.326 e. The predicted molar refractivity (Wildman–Crippen MR) is 147 cm³/mol. The summed E-state index contributed by atoms with van der Waals surface area (Å²) in [5.74, 6) is 0.590. The molecule has 0 spiro atoms. The van der Waals surface area contributed by atoms with Gasteiger partial charge in [0.2, 0.25) is 5.91 Å². The Kier molecular flexibility index (Phi) is 6.39. The van der Waals surface area contributed by atoms with Gasteiger partial charge in [-0.05, 0) is 47.5 Å². The maximum Gasteiger partial charge on any atom is 0.225 e. The largest absolute Gasteiger partial charge is 0.326 e. The Morgan fingerprint density at radius 1 is 0.711 bits per heavy atom. The molecule has 0 radical (unpaired) electrons. The Hall–Kier alpha value is -5.17. The molecular formula is C31H24N6O. The summed E-state index contributed by atoms with van der Waals surface area (Å²) in [5, 5.41) is 16.3. The second kappa shape index (κ2) is 10.4. The van der Waals surface area contributed by atoms with Gasteiger partial charge in [-0.3, -0.25) is 9.78 Å². The lowest BCUT2D eigenvalue weighted by atomic mass is 9.88. The van der Waals surface area contributed by atoms with Gasteiger partial charge in [-0.25, -0.2) is 0 Å². The Morgan fingerprint density at radius 2 is 1.37 bits per heavy atom. The second-order valence-corrected chi connectivity index (χ2v) is 8.95. The highest BCUT2D eigenvalue weighted by Gasteiger charge is 2.18. The summed E-state index contributed by atoms with van der Waals surface area (Å²) >= 11 is 0. The summed E-state index contributed by atoms with van der Waals surface area (Å²) in [6.07, 6.45) is 3.78. The molecule has 0 atom stereocenters. The molecule has 7 nitrogen and oxygen atoms in total. The molecule has 3 aromatic heterocycles. The van der Waals surface area contributed by atoms with Crippen molar-refractivity contribution in [3.05, 3.63) is 133 Å². The number of hydrogen-bond acceptors (Lipinski definition) is 5. The van der Waals surface area contributed by atoms with Gasteiger partial charge in [-0.2, -0.15) is 9.61 Å². The van der Waals surface area contributed by atoms with Crippen LogP contribution in [0.25, 0.3) is 28.3 Å². The highest BCUT2D eigenvalue weighted by molar-refractivity contribution is 5.91. The quantitative estimate of drug-likeness (QED) is 0.292. The minimum absolute atomic E-state index is 0.0222. The fourth-order valence-electron chi connectivity index (χ4n) is 4.54. The maximum absolute atomic E-state index is 13.1. The van der Waals surface area contributed by atoms with E-state index in [2.05, 4.69) is 44.8 Å². The van der Waals surface area contributed by atoms with Crippen LogP contribution in [0.5, 0.6) is 0 Å². The smallest absolute Gasteiger partial charge is 0.225 e. The number of rotatable bonds is 7. The third-order valence-corrected chi connectivity index (χ3v) is 6.46. The number of carbonyl (C=O) groups excluding carboxylic acids is 1. The summed E-state index contributed by atoms with van der Waals surface area (Å²) in [4.78, 5) is 17.1. The van der Waals surface area contributed by atoms with Crippen molar-refractivity contribution in [2.75, 3.05) is 5.32 Å². The SMILES string of the molecule is O=C(CC(c1ccccc1)c1ccccc1)Nc1ccc(-c2ccc3nnc(-c4ccncc4)n3n2)cc1. The minimum atomic E-state index is -0.0403. The third-order valence-electron chi connectivity index (χ3n) is 6.46. The third kappa shape index (κ3) is 4.90. The number of fused-ring (bicyclic) bond motifs is 1. The van der Waals surface area contributed by atoms with Crippen LogP contribution >= 0.6 is 0 Å². The van der Waals surface area contributed by atoms with Crippen molar-refractivity contribution in [3.63, 3.8) is 0 Å². The molecule has 1 amide bonds. The van der Waals surface area contributed by atoms with Crippen molar-refractivity contribution in [1.82, 2.24) is 24.8 Å². The van der Waals surface area contributed by atoms with Crippen LogP contribution in [0.2, 0.25) is 0 Å². The number of hydrogen-bond donors (Lipinski definition) is 1. The summed E-state index contributed by atoms with van der Waals surface area (Å²) < 4.78 is 1.73. The monoisotopic (exact) mass is 496 g/mol. The van der Waals surface area contributed by atoms with Gasteiger partial charge in [-0.1, -0.05) is 72.8 Å². The van der Waals surface area contributed by atoms with E-state index in [1.807, 2.05) is 84.9 Å². The normalized spacial score (nSPS) is 11.1.